The summed E-state index contributed by atoms with van der Waals surface area (Å²) in [6, 6.07) is 8.34. The highest BCUT2D eigenvalue weighted by Gasteiger charge is 2.34. The van der Waals surface area contributed by atoms with Gasteiger partial charge in [-0.25, -0.2) is 0 Å². The van der Waals surface area contributed by atoms with Gasteiger partial charge in [0.15, 0.2) is 0 Å². The first-order chi connectivity index (χ1) is 9.28. The lowest BCUT2D eigenvalue weighted by Gasteiger charge is -2.31. The largest absolute Gasteiger partial charge is 0.390 e. The molecular weight excluding hydrogens is 312 g/mol. The van der Waals surface area contributed by atoms with E-state index < -0.39 is 5.60 Å². The van der Waals surface area contributed by atoms with Crippen LogP contribution in [0.4, 0.5) is 0 Å². The van der Waals surface area contributed by atoms with Gasteiger partial charge in [-0.2, -0.15) is 0 Å². The lowest BCUT2D eigenvalue weighted by molar-refractivity contribution is 0.0225. The highest BCUT2D eigenvalue weighted by atomic mass is 79.9. The van der Waals surface area contributed by atoms with Crippen molar-refractivity contribution < 1.29 is 5.11 Å². The van der Waals surface area contributed by atoms with Gasteiger partial charge in [0, 0.05) is 10.9 Å². The molecule has 0 aromatic heterocycles. The monoisotopic (exact) mass is 338 g/mol. The van der Waals surface area contributed by atoms with Crippen LogP contribution in [0.2, 0.25) is 0 Å². The molecule has 0 spiro atoms. The highest BCUT2D eigenvalue weighted by Crippen LogP contribution is 2.40. The second-order valence-corrected chi connectivity index (χ2v) is 8.44. The predicted octanol–water partition coefficient (Wildman–Crippen LogP) is 5.35. The molecule has 0 amide bonds. The van der Waals surface area contributed by atoms with Crippen LogP contribution in [0.25, 0.3) is 0 Å². The van der Waals surface area contributed by atoms with E-state index >= 15 is 0 Å². The molecule has 1 nitrogen and oxygen atoms in total. The second-order valence-electron chi connectivity index (χ2n) is 7.52. The minimum absolute atomic E-state index is 0.362. The highest BCUT2D eigenvalue weighted by molar-refractivity contribution is 9.10. The van der Waals surface area contributed by atoms with Crippen LogP contribution >= 0.6 is 15.9 Å². The molecule has 0 bridgehead atoms. The normalized spacial score (nSPS) is 28.1. The van der Waals surface area contributed by atoms with Crippen molar-refractivity contribution in [2.75, 3.05) is 0 Å². The first-order valence-electron chi connectivity index (χ1n) is 7.75. The van der Waals surface area contributed by atoms with E-state index in [-0.39, 0.29) is 0 Å². The molecule has 112 valence electrons. The van der Waals surface area contributed by atoms with E-state index in [2.05, 4.69) is 54.9 Å². The Balaban J connectivity index is 2.04. The van der Waals surface area contributed by atoms with Crippen molar-refractivity contribution in [3.05, 3.63) is 34.3 Å². The average molecular weight is 339 g/mol. The lowest BCUT2D eigenvalue weighted by Crippen LogP contribution is -2.31. The third-order valence-corrected chi connectivity index (χ3v) is 5.29. The average Bonchev–Trinajstić information content (AvgIpc) is 2.50. The van der Waals surface area contributed by atoms with Gasteiger partial charge in [0.1, 0.15) is 0 Å². The van der Waals surface area contributed by atoms with E-state index in [0.29, 0.717) is 5.41 Å². The molecule has 1 fully saturated rings. The van der Waals surface area contributed by atoms with Crippen molar-refractivity contribution in [1.29, 1.82) is 0 Å². The molecule has 2 rings (SSSR count). The molecule has 0 saturated heterocycles. The Bertz CT molecular complexity index is 449. The molecule has 1 aromatic carbocycles. The van der Waals surface area contributed by atoms with Gasteiger partial charge in [0.05, 0.1) is 5.60 Å². The topological polar surface area (TPSA) is 20.2 Å². The Morgan fingerprint density at radius 1 is 1.25 bits per heavy atom. The Labute approximate surface area is 131 Å². The second kappa shape index (κ2) is 6.19. The Hall–Kier alpha value is -0.340. The van der Waals surface area contributed by atoms with Crippen molar-refractivity contribution in [3.8, 4) is 0 Å². The van der Waals surface area contributed by atoms with Crippen molar-refractivity contribution in [1.82, 2.24) is 0 Å². The zero-order chi connectivity index (χ0) is 14.8. The quantitative estimate of drug-likeness (QED) is 0.720. The maximum atomic E-state index is 11.0. The molecule has 1 saturated carbocycles. The van der Waals surface area contributed by atoms with Crippen LogP contribution in [0.1, 0.15) is 58.4 Å². The summed E-state index contributed by atoms with van der Waals surface area (Å²) in [5.41, 5.74) is 1.08. The molecular formula is C18H27BrO. The Morgan fingerprint density at radius 2 is 2.00 bits per heavy atom. The molecule has 1 N–H and O–H groups in total. The van der Waals surface area contributed by atoms with Gasteiger partial charge in [-0.15, -0.1) is 0 Å². The van der Waals surface area contributed by atoms with Gasteiger partial charge in [-0.05, 0) is 54.7 Å². The summed E-state index contributed by atoms with van der Waals surface area (Å²) in [5.74, 6) is 0.735. The third-order valence-electron chi connectivity index (χ3n) is 4.80. The number of halogens is 1. The summed E-state index contributed by atoms with van der Waals surface area (Å²) in [5, 5.41) is 11.0. The van der Waals surface area contributed by atoms with Gasteiger partial charge in [-0.3, -0.25) is 0 Å². The first-order valence-corrected chi connectivity index (χ1v) is 8.55. The maximum Gasteiger partial charge on any atom is 0.0688 e. The number of benzene rings is 1. The molecule has 0 radical (unpaired) electrons. The smallest absolute Gasteiger partial charge is 0.0688 e. The van der Waals surface area contributed by atoms with E-state index in [1.165, 1.54) is 12.0 Å². The zero-order valence-corrected chi connectivity index (χ0v) is 14.5. The standard InChI is InChI=1S/C18H27BrO/c1-17(2,3)15-7-5-10-18(20,11-9-15)13-14-6-4-8-16(19)12-14/h4,6,8,12,15,20H,5,7,9-11,13H2,1-3H3. The Morgan fingerprint density at radius 3 is 2.65 bits per heavy atom. The van der Waals surface area contributed by atoms with Gasteiger partial charge in [-0.1, -0.05) is 55.3 Å². The molecule has 2 unspecified atom stereocenters. The fourth-order valence-corrected chi connectivity index (χ4v) is 3.91. The molecule has 2 atom stereocenters. The number of hydrogen-bond donors (Lipinski definition) is 1. The van der Waals surface area contributed by atoms with Crippen molar-refractivity contribution >= 4 is 15.9 Å². The van der Waals surface area contributed by atoms with E-state index in [1.54, 1.807) is 0 Å². The molecule has 0 heterocycles. The van der Waals surface area contributed by atoms with Crippen molar-refractivity contribution in [2.45, 2.75) is 64.9 Å². The number of rotatable bonds is 2. The van der Waals surface area contributed by atoms with Crippen LogP contribution in [0.3, 0.4) is 0 Å². The summed E-state index contributed by atoms with van der Waals surface area (Å²) in [6.07, 6.45) is 6.20. The fourth-order valence-electron chi connectivity index (χ4n) is 3.46. The fraction of sp³-hybridized carbons (Fsp3) is 0.667. The zero-order valence-electron chi connectivity index (χ0n) is 13.0. The number of aliphatic hydroxyl groups is 1. The van der Waals surface area contributed by atoms with Crippen molar-refractivity contribution in [3.63, 3.8) is 0 Å². The van der Waals surface area contributed by atoms with Crippen LogP contribution in [0, 0.1) is 11.3 Å². The Kier molecular flexibility index (Phi) is 4.96. The van der Waals surface area contributed by atoms with Crippen LogP contribution in [0.15, 0.2) is 28.7 Å². The van der Waals surface area contributed by atoms with Gasteiger partial charge >= 0.3 is 0 Å². The minimum atomic E-state index is -0.513. The first kappa shape index (κ1) is 16.0. The minimum Gasteiger partial charge on any atom is -0.390 e. The van der Waals surface area contributed by atoms with Gasteiger partial charge in [0.2, 0.25) is 0 Å². The third kappa shape index (κ3) is 4.33. The summed E-state index contributed by atoms with van der Waals surface area (Å²) in [4.78, 5) is 0. The van der Waals surface area contributed by atoms with E-state index in [9.17, 15) is 5.11 Å². The molecule has 0 aliphatic heterocycles. The van der Waals surface area contributed by atoms with Gasteiger partial charge < -0.3 is 5.11 Å². The molecule has 20 heavy (non-hydrogen) atoms. The van der Waals surface area contributed by atoms with Crippen LogP contribution in [-0.2, 0) is 6.42 Å². The number of hydrogen-bond acceptors (Lipinski definition) is 1. The summed E-state index contributed by atoms with van der Waals surface area (Å²) < 4.78 is 1.10. The van der Waals surface area contributed by atoms with E-state index in [4.69, 9.17) is 0 Å². The van der Waals surface area contributed by atoms with Crippen molar-refractivity contribution in [2.24, 2.45) is 11.3 Å². The predicted molar refractivity (Wildman–Crippen MR) is 88.8 cm³/mol. The molecule has 1 aromatic rings. The van der Waals surface area contributed by atoms with E-state index in [1.807, 2.05) is 6.07 Å². The molecule has 1 aliphatic carbocycles. The molecule has 1 aliphatic rings. The summed E-state index contributed by atoms with van der Waals surface area (Å²) in [6.45, 7) is 6.99. The van der Waals surface area contributed by atoms with Crippen LogP contribution < -0.4 is 0 Å². The summed E-state index contributed by atoms with van der Waals surface area (Å²) in [7, 11) is 0. The summed E-state index contributed by atoms with van der Waals surface area (Å²) >= 11 is 3.51. The van der Waals surface area contributed by atoms with Gasteiger partial charge in [0.25, 0.3) is 0 Å². The maximum absolute atomic E-state index is 11.0. The van der Waals surface area contributed by atoms with E-state index in [0.717, 1.165) is 42.5 Å². The lowest BCUT2D eigenvalue weighted by atomic mass is 9.76. The SMILES string of the molecule is CC(C)(C)C1CCCC(O)(Cc2cccc(Br)c2)CC1. The van der Waals surface area contributed by atoms with Crippen LogP contribution in [-0.4, -0.2) is 10.7 Å². The molecule has 2 heteroatoms. The van der Waals surface area contributed by atoms with Crippen LogP contribution in [0.5, 0.6) is 0 Å².